The summed E-state index contributed by atoms with van der Waals surface area (Å²) in [5.41, 5.74) is 2.70. The van der Waals surface area contributed by atoms with Crippen LogP contribution in [0, 0.1) is 5.92 Å². The number of halogens is 1. The molecular weight excluding hydrogens is 396 g/mol. The molecule has 2 aliphatic heterocycles. The second kappa shape index (κ2) is 7.60. The minimum absolute atomic E-state index is 0.210. The van der Waals surface area contributed by atoms with Crippen LogP contribution in [0.1, 0.15) is 28.8 Å². The topological polar surface area (TPSA) is 23.6 Å². The number of likely N-dealkylation sites (tertiary alicyclic amines) is 1. The summed E-state index contributed by atoms with van der Waals surface area (Å²) in [6.45, 7) is 4.73. The number of carbonyl (C=O) groups is 1. The first-order valence-electron chi connectivity index (χ1n) is 9.00. The molecular formula is C20H23BrN2OS. The van der Waals surface area contributed by atoms with Crippen molar-refractivity contribution in [1.82, 2.24) is 9.80 Å². The third kappa shape index (κ3) is 3.99. The predicted molar refractivity (Wildman–Crippen MR) is 106 cm³/mol. The number of hydrogen-bond donors (Lipinski definition) is 0. The predicted octanol–water partition coefficient (Wildman–Crippen LogP) is 4.31. The van der Waals surface area contributed by atoms with E-state index in [1.165, 1.54) is 16.0 Å². The Morgan fingerprint density at radius 3 is 2.64 bits per heavy atom. The number of amides is 1. The lowest BCUT2D eigenvalue weighted by molar-refractivity contribution is -0.138. The molecule has 25 heavy (non-hydrogen) atoms. The van der Waals surface area contributed by atoms with Gasteiger partial charge in [0.05, 0.1) is 0 Å². The number of hydrogen-bond acceptors (Lipinski definition) is 3. The molecule has 2 aromatic rings. The lowest BCUT2D eigenvalue weighted by Gasteiger charge is -2.35. The van der Waals surface area contributed by atoms with Crippen molar-refractivity contribution < 1.29 is 4.79 Å². The summed E-state index contributed by atoms with van der Waals surface area (Å²) in [6, 6.07) is 10.7. The fraction of sp³-hybridized carbons (Fsp3) is 0.450. The van der Waals surface area contributed by atoms with Crippen LogP contribution in [0.3, 0.4) is 0 Å². The molecule has 0 bridgehead atoms. The summed E-state index contributed by atoms with van der Waals surface area (Å²) in [5.74, 6) is 0.585. The summed E-state index contributed by atoms with van der Waals surface area (Å²) in [5, 5.41) is 2.15. The van der Waals surface area contributed by atoms with Crippen LogP contribution >= 0.6 is 27.3 Å². The molecule has 4 rings (SSSR count). The maximum atomic E-state index is 12.9. The molecule has 1 saturated heterocycles. The van der Waals surface area contributed by atoms with Gasteiger partial charge in [-0.3, -0.25) is 9.69 Å². The van der Waals surface area contributed by atoms with Gasteiger partial charge in [-0.15, -0.1) is 11.3 Å². The molecule has 0 unspecified atom stereocenters. The average Bonchev–Trinajstić information content (AvgIpc) is 3.11. The molecule has 0 aliphatic carbocycles. The molecule has 132 valence electrons. The summed E-state index contributed by atoms with van der Waals surface area (Å²) in [4.78, 5) is 18.9. The third-order valence-corrected chi connectivity index (χ3v) is 6.93. The number of rotatable bonds is 3. The van der Waals surface area contributed by atoms with Gasteiger partial charge < -0.3 is 4.90 Å². The highest BCUT2D eigenvalue weighted by Crippen LogP contribution is 2.27. The highest BCUT2D eigenvalue weighted by atomic mass is 79.9. The zero-order valence-electron chi connectivity index (χ0n) is 14.3. The van der Waals surface area contributed by atoms with Gasteiger partial charge in [-0.2, -0.15) is 0 Å². The Kier molecular flexibility index (Phi) is 5.25. The second-order valence-corrected chi connectivity index (χ2v) is 8.97. The molecule has 0 spiro atoms. The van der Waals surface area contributed by atoms with Crippen molar-refractivity contribution in [3.05, 3.63) is 56.2 Å². The monoisotopic (exact) mass is 418 g/mol. The zero-order chi connectivity index (χ0) is 17.2. The van der Waals surface area contributed by atoms with Crippen LogP contribution in [0.5, 0.6) is 0 Å². The number of fused-ring (bicyclic) bond motifs is 1. The molecule has 0 radical (unpaired) electrons. The standard InChI is InChI=1S/C20H23BrN2OS/c21-18-3-1-15(2-4-18)13-22-9-5-16(6-10-22)20(24)23-11-7-19-17(14-23)8-12-25-19/h1-4,8,12,16H,5-7,9-11,13-14H2. The first kappa shape index (κ1) is 17.3. The van der Waals surface area contributed by atoms with E-state index in [1.54, 1.807) is 0 Å². The zero-order valence-corrected chi connectivity index (χ0v) is 16.7. The minimum atomic E-state index is 0.210. The highest BCUT2D eigenvalue weighted by molar-refractivity contribution is 9.10. The van der Waals surface area contributed by atoms with Crippen LogP contribution in [0.2, 0.25) is 0 Å². The molecule has 1 aromatic heterocycles. The van der Waals surface area contributed by atoms with Crippen molar-refractivity contribution >= 4 is 33.2 Å². The Hall–Kier alpha value is -1.17. The van der Waals surface area contributed by atoms with Gasteiger partial charge in [0.25, 0.3) is 0 Å². The van der Waals surface area contributed by atoms with Gasteiger partial charge >= 0.3 is 0 Å². The van der Waals surface area contributed by atoms with Crippen molar-refractivity contribution in [2.75, 3.05) is 19.6 Å². The summed E-state index contributed by atoms with van der Waals surface area (Å²) in [6.07, 6.45) is 3.01. The summed E-state index contributed by atoms with van der Waals surface area (Å²) < 4.78 is 1.12. The molecule has 0 saturated carbocycles. The Morgan fingerprint density at radius 1 is 1.12 bits per heavy atom. The van der Waals surface area contributed by atoms with Crippen molar-refractivity contribution in [1.29, 1.82) is 0 Å². The van der Waals surface area contributed by atoms with Crippen LogP contribution in [-0.4, -0.2) is 35.3 Å². The molecule has 3 heterocycles. The second-order valence-electron chi connectivity index (χ2n) is 7.06. The van der Waals surface area contributed by atoms with Crippen LogP contribution in [0.25, 0.3) is 0 Å². The smallest absolute Gasteiger partial charge is 0.226 e. The number of piperidine rings is 1. The van der Waals surface area contributed by atoms with Crippen molar-refractivity contribution in [3.63, 3.8) is 0 Å². The van der Waals surface area contributed by atoms with Crippen LogP contribution in [0.4, 0.5) is 0 Å². The Morgan fingerprint density at radius 2 is 1.88 bits per heavy atom. The Labute approximate surface area is 161 Å². The molecule has 5 heteroatoms. The molecule has 1 fully saturated rings. The summed E-state index contributed by atoms with van der Waals surface area (Å²) >= 11 is 5.31. The first-order chi connectivity index (χ1) is 12.2. The van der Waals surface area contributed by atoms with Crippen LogP contribution in [-0.2, 0) is 24.3 Å². The van der Waals surface area contributed by atoms with Gasteiger partial charge in [0.2, 0.25) is 5.91 Å². The minimum Gasteiger partial charge on any atom is -0.338 e. The van der Waals surface area contributed by atoms with Crippen molar-refractivity contribution in [2.24, 2.45) is 5.92 Å². The van der Waals surface area contributed by atoms with E-state index >= 15 is 0 Å². The van der Waals surface area contributed by atoms with E-state index in [4.69, 9.17) is 0 Å². The van der Waals surface area contributed by atoms with E-state index in [0.717, 1.165) is 56.5 Å². The number of thiophene rings is 1. The molecule has 0 N–H and O–H groups in total. The maximum absolute atomic E-state index is 12.9. The number of benzene rings is 1. The molecule has 2 aliphatic rings. The van der Waals surface area contributed by atoms with Gasteiger partial charge in [-0.05, 0) is 67.1 Å². The van der Waals surface area contributed by atoms with Gasteiger partial charge in [-0.1, -0.05) is 28.1 Å². The van der Waals surface area contributed by atoms with Gasteiger partial charge in [-0.25, -0.2) is 0 Å². The van der Waals surface area contributed by atoms with E-state index in [1.807, 2.05) is 11.3 Å². The van der Waals surface area contributed by atoms with E-state index in [9.17, 15) is 4.79 Å². The van der Waals surface area contributed by atoms with E-state index in [0.29, 0.717) is 5.91 Å². The normalized spacial score (nSPS) is 19.0. The van der Waals surface area contributed by atoms with Gasteiger partial charge in [0.1, 0.15) is 0 Å². The fourth-order valence-electron chi connectivity index (χ4n) is 3.88. The quantitative estimate of drug-likeness (QED) is 0.741. The van der Waals surface area contributed by atoms with Crippen molar-refractivity contribution in [3.8, 4) is 0 Å². The maximum Gasteiger partial charge on any atom is 0.226 e. The molecule has 1 aromatic carbocycles. The average molecular weight is 419 g/mol. The van der Waals surface area contributed by atoms with E-state index in [2.05, 4.69) is 61.4 Å². The van der Waals surface area contributed by atoms with Gasteiger partial charge in [0, 0.05) is 34.9 Å². The highest BCUT2D eigenvalue weighted by Gasteiger charge is 2.30. The molecule has 0 atom stereocenters. The number of carbonyl (C=O) groups excluding carboxylic acids is 1. The lowest BCUT2D eigenvalue weighted by atomic mass is 9.94. The van der Waals surface area contributed by atoms with Crippen molar-refractivity contribution in [2.45, 2.75) is 32.4 Å². The largest absolute Gasteiger partial charge is 0.338 e. The Bertz CT molecular complexity index is 734. The van der Waals surface area contributed by atoms with E-state index < -0.39 is 0 Å². The molecule has 1 amide bonds. The molecule has 3 nitrogen and oxygen atoms in total. The number of nitrogens with zero attached hydrogens (tertiary/aromatic N) is 2. The lowest BCUT2D eigenvalue weighted by Crippen LogP contribution is -2.43. The first-order valence-corrected chi connectivity index (χ1v) is 10.7. The van der Waals surface area contributed by atoms with Crippen LogP contribution in [0.15, 0.2) is 40.2 Å². The summed E-state index contributed by atoms with van der Waals surface area (Å²) in [7, 11) is 0. The Balaban J connectivity index is 1.30. The van der Waals surface area contributed by atoms with E-state index in [-0.39, 0.29) is 5.92 Å². The third-order valence-electron chi connectivity index (χ3n) is 5.38. The SMILES string of the molecule is O=C(C1CCN(Cc2ccc(Br)cc2)CC1)N1CCc2sccc2C1. The van der Waals surface area contributed by atoms with Gasteiger partial charge in [0.15, 0.2) is 0 Å². The fourth-order valence-corrected chi connectivity index (χ4v) is 5.03. The van der Waals surface area contributed by atoms with Crippen LogP contribution < -0.4 is 0 Å².